The second kappa shape index (κ2) is 10.6. The first-order chi connectivity index (χ1) is 12.8. The van der Waals surface area contributed by atoms with Crippen LogP contribution < -0.4 is 0 Å². The number of benzene rings is 2. The second-order valence-electron chi connectivity index (χ2n) is 8.88. The van der Waals surface area contributed by atoms with Crippen molar-refractivity contribution in [3.63, 3.8) is 0 Å². The third kappa shape index (κ3) is 7.48. The van der Waals surface area contributed by atoms with Gasteiger partial charge in [-0.25, -0.2) is 0 Å². The van der Waals surface area contributed by atoms with Crippen molar-refractivity contribution in [1.82, 2.24) is 9.80 Å². The molecule has 0 fully saturated rings. The van der Waals surface area contributed by atoms with Crippen LogP contribution in [0.15, 0.2) is 54.6 Å². The highest BCUT2D eigenvalue weighted by atomic mass is 15.2. The summed E-state index contributed by atoms with van der Waals surface area (Å²) in [6.45, 7) is 12.4. The van der Waals surface area contributed by atoms with E-state index in [1.165, 1.54) is 16.7 Å². The van der Waals surface area contributed by atoms with E-state index in [9.17, 15) is 0 Å². The number of rotatable bonds is 10. The standard InChI is InChI=1S/C25H38N2/c1-20(2)15-23-13-10-14-24(16-23)18-27(17-22-11-8-7-9-12-22)25(21(3)4)19-26(5)6/h7-14,16,20-21,25H,15,17-19H2,1-6H3/t25-/m1/s1. The van der Waals surface area contributed by atoms with Gasteiger partial charge in [0.05, 0.1) is 0 Å². The van der Waals surface area contributed by atoms with E-state index in [4.69, 9.17) is 0 Å². The maximum absolute atomic E-state index is 2.66. The summed E-state index contributed by atoms with van der Waals surface area (Å²) >= 11 is 0. The molecule has 2 nitrogen and oxygen atoms in total. The Morgan fingerprint density at radius 2 is 1.33 bits per heavy atom. The first kappa shape index (κ1) is 21.7. The normalized spacial score (nSPS) is 13.1. The molecular formula is C25H38N2. The molecule has 0 saturated carbocycles. The van der Waals surface area contributed by atoms with Crippen LogP contribution in [0, 0.1) is 11.8 Å². The Labute approximate surface area is 167 Å². The van der Waals surface area contributed by atoms with Crippen LogP contribution in [0.25, 0.3) is 0 Å². The average molecular weight is 367 g/mol. The highest BCUT2D eigenvalue weighted by molar-refractivity contribution is 5.24. The van der Waals surface area contributed by atoms with E-state index in [1.807, 2.05) is 0 Å². The molecule has 0 aliphatic carbocycles. The average Bonchev–Trinajstić information content (AvgIpc) is 2.59. The second-order valence-corrected chi connectivity index (χ2v) is 8.88. The Kier molecular flexibility index (Phi) is 8.53. The van der Waals surface area contributed by atoms with Gasteiger partial charge in [-0.3, -0.25) is 4.90 Å². The maximum Gasteiger partial charge on any atom is 0.0252 e. The minimum Gasteiger partial charge on any atom is -0.308 e. The summed E-state index contributed by atoms with van der Waals surface area (Å²) in [6, 6.07) is 20.6. The van der Waals surface area contributed by atoms with Crippen LogP contribution in [0.1, 0.15) is 44.4 Å². The largest absolute Gasteiger partial charge is 0.308 e. The van der Waals surface area contributed by atoms with Gasteiger partial charge in [0.2, 0.25) is 0 Å². The molecule has 27 heavy (non-hydrogen) atoms. The molecule has 0 saturated heterocycles. The predicted octanol–water partition coefficient (Wildman–Crippen LogP) is 5.47. The Balaban J connectivity index is 2.25. The maximum atomic E-state index is 2.66. The fourth-order valence-electron chi connectivity index (χ4n) is 3.79. The molecule has 0 unspecified atom stereocenters. The fraction of sp³-hybridized carbons (Fsp3) is 0.520. The number of hydrogen-bond acceptors (Lipinski definition) is 2. The van der Waals surface area contributed by atoms with E-state index in [2.05, 4.69) is 106 Å². The summed E-state index contributed by atoms with van der Waals surface area (Å²) in [6.07, 6.45) is 1.15. The van der Waals surface area contributed by atoms with Crippen LogP contribution in [-0.2, 0) is 19.5 Å². The van der Waals surface area contributed by atoms with E-state index >= 15 is 0 Å². The minimum atomic E-state index is 0.522. The zero-order chi connectivity index (χ0) is 19.8. The van der Waals surface area contributed by atoms with Crippen molar-refractivity contribution in [2.24, 2.45) is 11.8 Å². The van der Waals surface area contributed by atoms with Gasteiger partial charge in [0.25, 0.3) is 0 Å². The van der Waals surface area contributed by atoms with E-state index in [0.717, 1.165) is 26.1 Å². The van der Waals surface area contributed by atoms with E-state index in [-0.39, 0.29) is 0 Å². The molecule has 2 aromatic carbocycles. The third-order valence-electron chi connectivity index (χ3n) is 5.04. The van der Waals surface area contributed by atoms with Crippen molar-refractivity contribution < 1.29 is 0 Å². The number of likely N-dealkylation sites (N-methyl/N-ethyl adjacent to an activating group) is 1. The van der Waals surface area contributed by atoms with E-state index in [1.54, 1.807) is 0 Å². The first-order valence-electron chi connectivity index (χ1n) is 10.4. The van der Waals surface area contributed by atoms with Gasteiger partial charge in [-0.1, -0.05) is 82.3 Å². The Hall–Kier alpha value is -1.64. The molecule has 2 aromatic rings. The molecule has 0 aromatic heterocycles. The molecule has 0 radical (unpaired) electrons. The Bertz CT molecular complexity index is 661. The molecule has 148 valence electrons. The number of hydrogen-bond donors (Lipinski definition) is 0. The van der Waals surface area contributed by atoms with Gasteiger partial charge in [-0.2, -0.15) is 0 Å². The summed E-state index contributed by atoms with van der Waals surface area (Å²) in [5.74, 6) is 1.30. The monoisotopic (exact) mass is 366 g/mol. The summed E-state index contributed by atoms with van der Waals surface area (Å²) in [7, 11) is 4.36. The molecule has 2 rings (SSSR count). The topological polar surface area (TPSA) is 6.48 Å². The van der Waals surface area contributed by atoms with Crippen molar-refractivity contribution in [3.05, 3.63) is 71.3 Å². The molecule has 0 heterocycles. The fourth-order valence-corrected chi connectivity index (χ4v) is 3.79. The van der Waals surface area contributed by atoms with Crippen molar-refractivity contribution >= 4 is 0 Å². The van der Waals surface area contributed by atoms with E-state index in [0.29, 0.717) is 17.9 Å². The van der Waals surface area contributed by atoms with Gasteiger partial charge in [-0.05, 0) is 49.0 Å². The van der Waals surface area contributed by atoms with E-state index < -0.39 is 0 Å². The van der Waals surface area contributed by atoms with Crippen molar-refractivity contribution in [2.45, 2.75) is 53.2 Å². The van der Waals surface area contributed by atoms with Crippen LogP contribution in [0.4, 0.5) is 0 Å². The van der Waals surface area contributed by atoms with Gasteiger partial charge in [0.15, 0.2) is 0 Å². The Morgan fingerprint density at radius 3 is 1.93 bits per heavy atom. The lowest BCUT2D eigenvalue weighted by atomic mass is 9.98. The van der Waals surface area contributed by atoms with Gasteiger partial charge in [0.1, 0.15) is 0 Å². The highest BCUT2D eigenvalue weighted by Gasteiger charge is 2.23. The molecule has 0 N–H and O–H groups in total. The molecule has 1 atom stereocenters. The molecule has 0 spiro atoms. The molecule has 0 bridgehead atoms. The minimum absolute atomic E-state index is 0.522. The molecular weight excluding hydrogens is 328 g/mol. The van der Waals surface area contributed by atoms with Gasteiger partial charge in [0, 0.05) is 25.7 Å². The number of nitrogens with zero attached hydrogens (tertiary/aromatic N) is 2. The molecule has 0 aliphatic rings. The summed E-state index contributed by atoms with van der Waals surface area (Å²) in [4.78, 5) is 4.98. The lowest BCUT2D eigenvalue weighted by Crippen LogP contribution is -2.44. The van der Waals surface area contributed by atoms with Crippen molar-refractivity contribution in [2.75, 3.05) is 20.6 Å². The van der Waals surface area contributed by atoms with Gasteiger partial charge < -0.3 is 4.90 Å². The lowest BCUT2D eigenvalue weighted by Gasteiger charge is -2.36. The zero-order valence-electron chi connectivity index (χ0n) is 18.2. The molecule has 0 aliphatic heterocycles. The van der Waals surface area contributed by atoms with Gasteiger partial charge >= 0.3 is 0 Å². The summed E-state index contributed by atoms with van der Waals surface area (Å²) in [5, 5.41) is 0. The summed E-state index contributed by atoms with van der Waals surface area (Å²) in [5.41, 5.74) is 4.27. The van der Waals surface area contributed by atoms with Crippen LogP contribution in [0.5, 0.6) is 0 Å². The SMILES string of the molecule is CC(C)Cc1cccc(CN(Cc2ccccc2)[C@H](CN(C)C)C(C)C)c1. The third-order valence-corrected chi connectivity index (χ3v) is 5.04. The Morgan fingerprint density at radius 1 is 0.741 bits per heavy atom. The zero-order valence-corrected chi connectivity index (χ0v) is 18.2. The van der Waals surface area contributed by atoms with Crippen LogP contribution >= 0.6 is 0 Å². The van der Waals surface area contributed by atoms with Crippen LogP contribution in [-0.4, -0.2) is 36.5 Å². The summed E-state index contributed by atoms with van der Waals surface area (Å²) < 4.78 is 0. The first-order valence-corrected chi connectivity index (χ1v) is 10.4. The smallest absolute Gasteiger partial charge is 0.0252 e. The van der Waals surface area contributed by atoms with Crippen LogP contribution in [0.3, 0.4) is 0 Å². The molecule has 0 amide bonds. The quantitative estimate of drug-likeness (QED) is 0.550. The highest BCUT2D eigenvalue weighted by Crippen LogP contribution is 2.20. The van der Waals surface area contributed by atoms with Crippen molar-refractivity contribution in [1.29, 1.82) is 0 Å². The lowest BCUT2D eigenvalue weighted by molar-refractivity contribution is 0.110. The van der Waals surface area contributed by atoms with Gasteiger partial charge in [-0.15, -0.1) is 0 Å². The van der Waals surface area contributed by atoms with Crippen LogP contribution in [0.2, 0.25) is 0 Å². The predicted molar refractivity (Wildman–Crippen MR) is 118 cm³/mol. The molecule has 2 heteroatoms. The van der Waals surface area contributed by atoms with Crippen molar-refractivity contribution in [3.8, 4) is 0 Å².